The van der Waals surface area contributed by atoms with Crippen LogP contribution in [0.25, 0.3) is 27.5 Å². The Hall–Kier alpha value is -3.07. The topological polar surface area (TPSA) is 31.2 Å². The van der Waals surface area contributed by atoms with E-state index in [-0.39, 0.29) is 11.9 Å². The summed E-state index contributed by atoms with van der Waals surface area (Å²) in [6.07, 6.45) is 9.86. The van der Waals surface area contributed by atoms with Gasteiger partial charge >= 0.3 is 5.97 Å². The summed E-state index contributed by atoms with van der Waals surface area (Å²) >= 11 is 0. The van der Waals surface area contributed by atoms with Crippen LogP contribution in [-0.2, 0) is 4.79 Å². The van der Waals surface area contributed by atoms with Gasteiger partial charge in [0.2, 0.25) is 0 Å². The van der Waals surface area contributed by atoms with Gasteiger partial charge in [-0.3, -0.25) is 4.79 Å². The molecular weight excluding hydrogens is 430 g/mol. The molecule has 2 fully saturated rings. The summed E-state index contributed by atoms with van der Waals surface area (Å²) in [4.78, 5) is 13.1. The zero-order valence-corrected chi connectivity index (χ0v) is 20.7. The van der Waals surface area contributed by atoms with E-state index in [1.807, 2.05) is 18.2 Å². The molecule has 3 aromatic carbocycles. The molecule has 0 amide bonds. The number of hydrogen-bond acceptors (Lipinski definition) is 2. The van der Waals surface area contributed by atoms with Gasteiger partial charge < -0.3 is 9.30 Å². The number of fused-ring (bicyclic) bond motifs is 3. The number of benzene rings is 3. The summed E-state index contributed by atoms with van der Waals surface area (Å²) in [6.45, 7) is 2.39. The van der Waals surface area contributed by atoms with Crippen molar-refractivity contribution < 1.29 is 9.53 Å². The fourth-order valence-corrected chi connectivity index (χ4v) is 6.65. The monoisotopic (exact) mass is 465 g/mol. The minimum atomic E-state index is -0.0492. The molecule has 2 aliphatic rings. The molecule has 35 heavy (non-hydrogen) atoms. The van der Waals surface area contributed by atoms with Crippen LogP contribution < -0.4 is 4.74 Å². The number of carbonyl (C=O) groups is 1. The number of ether oxygens (including phenoxy) is 1. The average Bonchev–Trinajstić information content (AvgIpc) is 3.23. The molecule has 1 aromatic heterocycles. The number of nitrogens with zero attached hydrogens (tertiary/aromatic N) is 1. The van der Waals surface area contributed by atoms with Gasteiger partial charge in [-0.15, -0.1) is 0 Å². The molecule has 3 heteroatoms. The van der Waals surface area contributed by atoms with Crippen LogP contribution in [0.3, 0.4) is 0 Å². The van der Waals surface area contributed by atoms with E-state index in [1.54, 1.807) is 0 Å². The van der Waals surface area contributed by atoms with Gasteiger partial charge in [0.25, 0.3) is 0 Å². The Morgan fingerprint density at radius 3 is 2.09 bits per heavy atom. The highest BCUT2D eigenvalue weighted by molar-refractivity contribution is 6.09. The lowest BCUT2D eigenvalue weighted by molar-refractivity contribution is -0.140. The van der Waals surface area contributed by atoms with Crippen LogP contribution in [0.5, 0.6) is 5.75 Å². The van der Waals surface area contributed by atoms with E-state index in [0.717, 1.165) is 52.7 Å². The van der Waals surface area contributed by atoms with Crippen molar-refractivity contribution in [1.82, 2.24) is 4.57 Å². The second-order valence-electron chi connectivity index (χ2n) is 10.9. The third kappa shape index (κ3) is 4.37. The number of carbonyl (C=O) groups excluding carboxylic acids is 1. The normalized spacial score (nSPS) is 25.1. The standard InChI is InChI=1S/C32H35NO2/c1-22-11-13-23(14-12-22)24-15-17-25(18-16-24)32(34)35-27-19-20-31-29(21-27)28-9-5-6-10-30(28)33(31)26-7-3-2-4-8-26/h2-10,19-25H,11-18H2,1H3. The lowest BCUT2D eigenvalue weighted by Gasteiger charge is -2.36. The van der Waals surface area contributed by atoms with Gasteiger partial charge in [-0.05, 0) is 92.7 Å². The lowest BCUT2D eigenvalue weighted by atomic mass is 9.69. The van der Waals surface area contributed by atoms with Crippen molar-refractivity contribution in [3.8, 4) is 11.4 Å². The van der Waals surface area contributed by atoms with Crippen LogP contribution in [0.4, 0.5) is 0 Å². The Balaban J connectivity index is 1.19. The molecule has 0 unspecified atom stereocenters. The second kappa shape index (κ2) is 9.53. The molecule has 1 heterocycles. The van der Waals surface area contributed by atoms with Crippen LogP contribution in [0, 0.1) is 23.7 Å². The Morgan fingerprint density at radius 1 is 0.714 bits per heavy atom. The molecule has 0 bridgehead atoms. The zero-order valence-electron chi connectivity index (χ0n) is 20.7. The highest BCUT2D eigenvalue weighted by Gasteiger charge is 2.33. The number of rotatable bonds is 4. The fraction of sp³-hybridized carbons (Fsp3) is 0.406. The van der Waals surface area contributed by atoms with Gasteiger partial charge in [0.1, 0.15) is 5.75 Å². The Morgan fingerprint density at radius 2 is 1.34 bits per heavy atom. The maximum absolute atomic E-state index is 13.1. The van der Waals surface area contributed by atoms with E-state index in [2.05, 4.69) is 66.1 Å². The molecule has 0 spiro atoms. The van der Waals surface area contributed by atoms with E-state index >= 15 is 0 Å². The third-order valence-electron chi connectivity index (χ3n) is 8.71. The van der Waals surface area contributed by atoms with Crippen molar-refractivity contribution in [2.45, 2.75) is 58.3 Å². The largest absolute Gasteiger partial charge is 0.426 e. The highest BCUT2D eigenvalue weighted by atomic mass is 16.5. The smallest absolute Gasteiger partial charge is 0.314 e. The predicted molar refractivity (Wildman–Crippen MR) is 143 cm³/mol. The van der Waals surface area contributed by atoms with Gasteiger partial charge in [0.15, 0.2) is 0 Å². The lowest BCUT2D eigenvalue weighted by Crippen LogP contribution is -2.29. The summed E-state index contributed by atoms with van der Waals surface area (Å²) < 4.78 is 8.25. The molecule has 2 saturated carbocycles. The molecule has 6 rings (SSSR count). The van der Waals surface area contributed by atoms with Crippen molar-refractivity contribution in [2.75, 3.05) is 0 Å². The first-order valence-corrected chi connectivity index (χ1v) is 13.5. The molecule has 3 nitrogen and oxygen atoms in total. The summed E-state index contributed by atoms with van der Waals surface area (Å²) in [7, 11) is 0. The van der Waals surface area contributed by atoms with Gasteiger partial charge in [-0.2, -0.15) is 0 Å². The first-order valence-electron chi connectivity index (χ1n) is 13.5. The van der Waals surface area contributed by atoms with Crippen molar-refractivity contribution >= 4 is 27.8 Å². The number of aromatic nitrogens is 1. The number of esters is 1. The molecule has 4 aromatic rings. The summed E-state index contributed by atoms with van der Waals surface area (Å²) in [5.41, 5.74) is 3.42. The molecule has 2 aliphatic carbocycles. The molecule has 0 atom stereocenters. The molecule has 0 N–H and O–H groups in total. The van der Waals surface area contributed by atoms with Crippen LogP contribution in [0.2, 0.25) is 0 Å². The van der Waals surface area contributed by atoms with Crippen LogP contribution >= 0.6 is 0 Å². The minimum absolute atomic E-state index is 0.0372. The molecule has 0 radical (unpaired) electrons. The molecule has 0 aliphatic heterocycles. The number of para-hydroxylation sites is 2. The van der Waals surface area contributed by atoms with E-state index in [4.69, 9.17) is 4.74 Å². The summed E-state index contributed by atoms with van der Waals surface area (Å²) in [6, 6.07) is 25.0. The Bertz CT molecular complexity index is 1320. The van der Waals surface area contributed by atoms with Gasteiger partial charge in [-0.1, -0.05) is 56.2 Å². The minimum Gasteiger partial charge on any atom is -0.426 e. The van der Waals surface area contributed by atoms with Crippen LogP contribution in [-0.4, -0.2) is 10.5 Å². The highest BCUT2D eigenvalue weighted by Crippen LogP contribution is 2.42. The number of hydrogen-bond donors (Lipinski definition) is 0. The van der Waals surface area contributed by atoms with Crippen LogP contribution in [0.1, 0.15) is 58.3 Å². The van der Waals surface area contributed by atoms with E-state index in [9.17, 15) is 4.79 Å². The van der Waals surface area contributed by atoms with E-state index in [1.165, 1.54) is 43.9 Å². The first kappa shape index (κ1) is 22.4. The Kier molecular flexibility index (Phi) is 6.10. The molecular formula is C32H35NO2. The maximum Gasteiger partial charge on any atom is 0.314 e. The van der Waals surface area contributed by atoms with Crippen molar-refractivity contribution in [2.24, 2.45) is 23.7 Å². The van der Waals surface area contributed by atoms with E-state index < -0.39 is 0 Å². The van der Waals surface area contributed by atoms with Crippen molar-refractivity contribution in [3.63, 3.8) is 0 Å². The third-order valence-corrected chi connectivity index (χ3v) is 8.71. The van der Waals surface area contributed by atoms with Crippen molar-refractivity contribution in [1.29, 1.82) is 0 Å². The van der Waals surface area contributed by atoms with Gasteiger partial charge in [0.05, 0.1) is 17.0 Å². The van der Waals surface area contributed by atoms with Crippen LogP contribution in [0.15, 0.2) is 72.8 Å². The zero-order chi connectivity index (χ0) is 23.8. The summed E-state index contributed by atoms with van der Waals surface area (Å²) in [5.74, 6) is 3.24. The first-order chi connectivity index (χ1) is 17.2. The molecule has 180 valence electrons. The fourth-order valence-electron chi connectivity index (χ4n) is 6.65. The quantitative estimate of drug-likeness (QED) is 0.224. The maximum atomic E-state index is 13.1. The average molecular weight is 466 g/mol. The van der Waals surface area contributed by atoms with E-state index in [0.29, 0.717) is 5.75 Å². The van der Waals surface area contributed by atoms with Crippen molar-refractivity contribution in [3.05, 3.63) is 72.8 Å². The van der Waals surface area contributed by atoms with Gasteiger partial charge in [-0.25, -0.2) is 0 Å². The second-order valence-corrected chi connectivity index (χ2v) is 10.9. The Labute approximate surface area is 208 Å². The predicted octanol–water partition coefficient (Wildman–Crippen LogP) is 8.32. The molecule has 0 saturated heterocycles. The van der Waals surface area contributed by atoms with Gasteiger partial charge in [0, 0.05) is 16.5 Å². The SMILES string of the molecule is CC1CCC(C2CCC(C(=O)Oc3ccc4c(c3)c3ccccc3n4-c3ccccc3)CC2)CC1. The summed E-state index contributed by atoms with van der Waals surface area (Å²) in [5, 5.41) is 2.29.